The molecule has 3 fully saturated rings. The average molecular weight is 289 g/mol. The summed E-state index contributed by atoms with van der Waals surface area (Å²) in [5, 5.41) is 7.47. The third-order valence-electron chi connectivity index (χ3n) is 5.44. The molecular weight excluding hydrogens is 262 g/mol. The van der Waals surface area contributed by atoms with Crippen LogP contribution in [0.3, 0.4) is 0 Å². The number of nitrogens with one attached hydrogen (secondary N) is 1. The molecule has 0 radical (unpaired) electrons. The molecule has 5 heteroatoms. The molecule has 0 bridgehead atoms. The minimum absolute atomic E-state index is 0.779. The highest BCUT2D eigenvalue weighted by Gasteiger charge is 2.34. The molecule has 116 valence electrons. The second-order valence-corrected chi connectivity index (χ2v) is 6.90. The van der Waals surface area contributed by atoms with Gasteiger partial charge in [0.15, 0.2) is 0 Å². The van der Waals surface area contributed by atoms with E-state index in [9.17, 15) is 0 Å². The van der Waals surface area contributed by atoms with E-state index in [1.165, 1.54) is 69.9 Å². The van der Waals surface area contributed by atoms with Crippen molar-refractivity contribution >= 4 is 0 Å². The number of H-pyrrole nitrogens is 1. The number of rotatable bonds is 5. The lowest BCUT2D eigenvalue weighted by atomic mass is 10.0. The van der Waals surface area contributed by atoms with E-state index < -0.39 is 0 Å². The molecule has 2 aliphatic heterocycles. The fourth-order valence-electron chi connectivity index (χ4n) is 3.76. The smallest absolute Gasteiger partial charge is 0.0535 e. The Balaban J connectivity index is 1.25. The fraction of sp³-hybridized carbons (Fsp3) is 0.812. The zero-order valence-electron chi connectivity index (χ0n) is 13.1. The molecule has 1 N–H and O–H groups in total. The van der Waals surface area contributed by atoms with Crippen molar-refractivity contribution < 1.29 is 0 Å². The van der Waals surface area contributed by atoms with Crippen molar-refractivity contribution in [1.29, 1.82) is 0 Å². The van der Waals surface area contributed by atoms with Crippen LogP contribution in [-0.2, 0) is 6.54 Å². The van der Waals surface area contributed by atoms with Crippen LogP contribution in [0.1, 0.15) is 36.9 Å². The predicted molar refractivity (Wildman–Crippen MR) is 83.3 cm³/mol. The van der Waals surface area contributed by atoms with Gasteiger partial charge in [0.05, 0.1) is 6.20 Å². The zero-order valence-corrected chi connectivity index (χ0v) is 13.1. The van der Waals surface area contributed by atoms with Crippen molar-refractivity contribution in [1.82, 2.24) is 24.9 Å². The van der Waals surface area contributed by atoms with E-state index in [-0.39, 0.29) is 0 Å². The molecule has 3 heterocycles. The van der Waals surface area contributed by atoms with E-state index in [1.54, 1.807) is 0 Å². The van der Waals surface area contributed by atoms with Crippen LogP contribution in [-0.4, -0.2) is 76.8 Å². The maximum atomic E-state index is 4.25. The Kier molecular flexibility index (Phi) is 3.73. The van der Waals surface area contributed by atoms with E-state index in [1.807, 2.05) is 6.20 Å². The summed E-state index contributed by atoms with van der Waals surface area (Å²) in [5.41, 5.74) is 2.85. The Morgan fingerprint density at radius 2 is 1.90 bits per heavy atom. The molecule has 2 saturated heterocycles. The van der Waals surface area contributed by atoms with Gasteiger partial charge in [0.1, 0.15) is 0 Å². The van der Waals surface area contributed by atoms with Crippen molar-refractivity contribution in [2.24, 2.45) is 0 Å². The highest BCUT2D eigenvalue weighted by Crippen LogP contribution is 2.40. The standard InChI is InChI=1S/C16H27N5/c1-2-19-5-7-21(8-6-19)15-11-20(12-15)10-14-9-17-18-16(14)13-3-4-13/h9,13,15H,2-8,10-12H2,1H3,(H,17,18). The first-order valence-electron chi connectivity index (χ1n) is 8.54. The van der Waals surface area contributed by atoms with Crippen molar-refractivity contribution in [3.05, 3.63) is 17.5 Å². The van der Waals surface area contributed by atoms with Crippen LogP contribution in [0, 0.1) is 0 Å². The second-order valence-electron chi connectivity index (χ2n) is 6.90. The SMILES string of the molecule is CCN1CCN(C2CN(Cc3cn[nH]c3C3CC3)C2)CC1. The zero-order chi connectivity index (χ0) is 14.2. The number of aromatic nitrogens is 2. The summed E-state index contributed by atoms with van der Waals surface area (Å²) in [6, 6.07) is 0.792. The maximum Gasteiger partial charge on any atom is 0.0535 e. The first kappa shape index (κ1) is 13.7. The summed E-state index contributed by atoms with van der Waals surface area (Å²) in [6.45, 7) is 12.0. The molecule has 0 atom stereocenters. The molecule has 3 aliphatic rings. The van der Waals surface area contributed by atoms with Crippen LogP contribution in [0.15, 0.2) is 6.20 Å². The van der Waals surface area contributed by atoms with Gasteiger partial charge < -0.3 is 4.90 Å². The van der Waals surface area contributed by atoms with Gasteiger partial charge in [-0.25, -0.2) is 0 Å². The summed E-state index contributed by atoms with van der Waals surface area (Å²) in [6.07, 6.45) is 4.74. The van der Waals surface area contributed by atoms with E-state index in [2.05, 4.69) is 31.8 Å². The molecular formula is C16H27N5. The third-order valence-corrected chi connectivity index (χ3v) is 5.44. The second kappa shape index (κ2) is 5.71. The topological polar surface area (TPSA) is 38.4 Å². The van der Waals surface area contributed by atoms with E-state index in [0.29, 0.717) is 0 Å². The summed E-state index contributed by atoms with van der Waals surface area (Å²) < 4.78 is 0. The first-order valence-corrected chi connectivity index (χ1v) is 8.54. The number of nitrogens with zero attached hydrogens (tertiary/aromatic N) is 4. The average Bonchev–Trinajstić information content (AvgIpc) is 3.22. The fourth-order valence-corrected chi connectivity index (χ4v) is 3.76. The molecule has 1 aliphatic carbocycles. The van der Waals surface area contributed by atoms with Gasteiger partial charge in [0.25, 0.3) is 0 Å². The van der Waals surface area contributed by atoms with Crippen LogP contribution in [0.25, 0.3) is 0 Å². The van der Waals surface area contributed by atoms with Crippen LogP contribution in [0.2, 0.25) is 0 Å². The highest BCUT2D eigenvalue weighted by molar-refractivity contribution is 5.24. The molecule has 21 heavy (non-hydrogen) atoms. The highest BCUT2D eigenvalue weighted by atomic mass is 15.3. The molecule has 0 unspecified atom stereocenters. The minimum atomic E-state index is 0.779. The maximum absolute atomic E-state index is 4.25. The Morgan fingerprint density at radius 3 is 2.57 bits per heavy atom. The summed E-state index contributed by atoms with van der Waals surface area (Å²) in [5.74, 6) is 0.779. The molecule has 4 rings (SSSR count). The lowest BCUT2D eigenvalue weighted by molar-refractivity contribution is 0.00202. The van der Waals surface area contributed by atoms with Crippen molar-refractivity contribution in [3.63, 3.8) is 0 Å². The monoisotopic (exact) mass is 289 g/mol. The quantitative estimate of drug-likeness (QED) is 0.881. The summed E-state index contributed by atoms with van der Waals surface area (Å²) in [4.78, 5) is 7.83. The lowest BCUT2D eigenvalue weighted by Crippen LogP contribution is -2.62. The van der Waals surface area contributed by atoms with E-state index in [4.69, 9.17) is 0 Å². The van der Waals surface area contributed by atoms with Gasteiger partial charge in [0.2, 0.25) is 0 Å². The molecule has 0 aromatic carbocycles. The first-order chi connectivity index (χ1) is 10.3. The summed E-state index contributed by atoms with van der Waals surface area (Å²) in [7, 11) is 0. The summed E-state index contributed by atoms with van der Waals surface area (Å²) >= 11 is 0. The molecule has 0 amide bonds. The van der Waals surface area contributed by atoms with Crippen LogP contribution >= 0.6 is 0 Å². The third kappa shape index (κ3) is 2.87. The van der Waals surface area contributed by atoms with Gasteiger partial charge >= 0.3 is 0 Å². The van der Waals surface area contributed by atoms with Gasteiger partial charge in [-0.05, 0) is 19.4 Å². The minimum Gasteiger partial charge on any atom is -0.301 e. The van der Waals surface area contributed by atoms with Gasteiger partial charge in [-0.2, -0.15) is 5.10 Å². The van der Waals surface area contributed by atoms with Gasteiger partial charge in [-0.3, -0.25) is 14.9 Å². The van der Waals surface area contributed by atoms with E-state index in [0.717, 1.165) is 18.5 Å². The number of piperazine rings is 1. The molecule has 5 nitrogen and oxygen atoms in total. The number of likely N-dealkylation sites (tertiary alicyclic amines) is 1. The Hall–Kier alpha value is -0.910. The van der Waals surface area contributed by atoms with Crippen molar-refractivity contribution in [2.45, 2.75) is 38.3 Å². The van der Waals surface area contributed by atoms with Crippen LogP contribution in [0.5, 0.6) is 0 Å². The lowest BCUT2D eigenvalue weighted by Gasteiger charge is -2.48. The van der Waals surface area contributed by atoms with Crippen LogP contribution < -0.4 is 0 Å². The van der Waals surface area contributed by atoms with E-state index >= 15 is 0 Å². The normalized spacial score (nSPS) is 26.1. The molecule has 1 aromatic heterocycles. The molecule has 1 aromatic rings. The number of likely N-dealkylation sites (N-methyl/N-ethyl adjacent to an activating group) is 1. The Labute approximate surface area is 127 Å². The van der Waals surface area contributed by atoms with Crippen molar-refractivity contribution in [2.75, 3.05) is 45.8 Å². The predicted octanol–water partition coefficient (Wildman–Crippen LogP) is 1.11. The number of aromatic amines is 1. The van der Waals surface area contributed by atoms with Gasteiger partial charge in [-0.1, -0.05) is 6.92 Å². The molecule has 1 saturated carbocycles. The largest absolute Gasteiger partial charge is 0.301 e. The van der Waals surface area contributed by atoms with Gasteiger partial charge in [-0.15, -0.1) is 0 Å². The molecule has 0 spiro atoms. The van der Waals surface area contributed by atoms with Crippen LogP contribution in [0.4, 0.5) is 0 Å². The Morgan fingerprint density at radius 1 is 1.14 bits per heavy atom. The van der Waals surface area contributed by atoms with Crippen molar-refractivity contribution in [3.8, 4) is 0 Å². The Bertz CT molecular complexity index is 467. The van der Waals surface area contributed by atoms with Gasteiger partial charge in [0, 0.05) is 69.0 Å². The number of hydrogen-bond acceptors (Lipinski definition) is 4. The number of hydrogen-bond donors (Lipinski definition) is 1.